The van der Waals surface area contributed by atoms with E-state index in [2.05, 4.69) is 21.8 Å². The van der Waals surface area contributed by atoms with Gasteiger partial charge in [-0.1, -0.05) is 26.2 Å². The summed E-state index contributed by atoms with van der Waals surface area (Å²) < 4.78 is 40.4. The molecule has 1 amide bonds. The van der Waals surface area contributed by atoms with E-state index in [1.165, 1.54) is 18.2 Å². The van der Waals surface area contributed by atoms with Crippen LogP contribution in [0.2, 0.25) is 0 Å². The molecule has 0 bridgehead atoms. The van der Waals surface area contributed by atoms with E-state index in [4.69, 9.17) is 4.74 Å². The van der Waals surface area contributed by atoms with E-state index >= 15 is 0 Å². The first-order chi connectivity index (χ1) is 16.2. The highest BCUT2D eigenvalue weighted by Crippen LogP contribution is 2.20. The van der Waals surface area contributed by atoms with Crippen LogP contribution in [0, 0.1) is 0 Å². The Balaban J connectivity index is 2.10. The van der Waals surface area contributed by atoms with Gasteiger partial charge in [0.2, 0.25) is 0 Å². The van der Waals surface area contributed by atoms with E-state index in [1.54, 1.807) is 12.1 Å². The third kappa shape index (κ3) is 7.29. The highest BCUT2D eigenvalue weighted by atomic mass is 32.2. The van der Waals surface area contributed by atoms with Crippen LogP contribution >= 0.6 is 0 Å². The zero-order chi connectivity index (χ0) is 25.1. The van der Waals surface area contributed by atoms with Crippen LogP contribution in [0.4, 0.5) is 0 Å². The minimum atomic E-state index is -4.46. The highest BCUT2D eigenvalue weighted by molar-refractivity contribution is 7.89. The summed E-state index contributed by atoms with van der Waals surface area (Å²) in [5, 5.41) is 0. The summed E-state index contributed by atoms with van der Waals surface area (Å²) >= 11 is 0. The number of rotatable bonds is 12. The fourth-order valence-corrected chi connectivity index (χ4v) is 3.99. The molecule has 2 rings (SSSR count). The maximum Gasteiger partial charge on any atom is 0.339 e. The second-order valence-corrected chi connectivity index (χ2v) is 8.84. The first-order valence-electron chi connectivity index (χ1n) is 10.6. The quantitative estimate of drug-likeness (QED) is 0.262. The second kappa shape index (κ2) is 12.7. The zero-order valence-electron chi connectivity index (χ0n) is 19.3. The molecule has 34 heavy (non-hydrogen) atoms. The van der Waals surface area contributed by atoms with Crippen molar-refractivity contribution in [2.75, 3.05) is 20.8 Å². The van der Waals surface area contributed by atoms with Crippen molar-refractivity contribution in [1.82, 2.24) is 10.3 Å². The van der Waals surface area contributed by atoms with Crippen LogP contribution in [0.15, 0.2) is 47.4 Å². The van der Waals surface area contributed by atoms with Gasteiger partial charge in [0.25, 0.3) is 15.9 Å². The number of carbonyl (C=O) groups is 3. The summed E-state index contributed by atoms with van der Waals surface area (Å²) in [6.07, 6.45) is 4.29. The van der Waals surface area contributed by atoms with Crippen LogP contribution in [0.1, 0.15) is 63.7 Å². The Morgan fingerprint density at radius 2 is 1.50 bits per heavy atom. The van der Waals surface area contributed by atoms with E-state index in [-0.39, 0.29) is 16.7 Å². The SMILES string of the molecule is CCCCCCOc1ccc(C(=O)NNS(=O)(=O)c2cc(C(=O)OC)ccc2C(=O)OC)cc1. The summed E-state index contributed by atoms with van der Waals surface area (Å²) in [7, 11) is -2.24. The van der Waals surface area contributed by atoms with Gasteiger partial charge in [-0.15, -0.1) is 4.83 Å². The Bertz CT molecular complexity index is 1110. The molecule has 0 radical (unpaired) electrons. The molecule has 0 saturated carbocycles. The number of nitrogens with one attached hydrogen (secondary N) is 2. The number of unbranched alkanes of at least 4 members (excludes halogenated alkanes) is 3. The number of hydrazine groups is 1. The van der Waals surface area contributed by atoms with E-state index in [9.17, 15) is 22.8 Å². The van der Waals surface area contributed by atoms with Crippen LogP contribution in [0.5, 0.6) is 5.75 Å². The monoisotopic (exact) mass is 492 g/mol. The molecule has 2 aromatic carbocycles. The van der Waals surface area contributed by atoms with Gasteiger partial charge in [0.15, 0.2) is 0 Å². The van der Waals surface area contributed by atoms with Gasteiger partial charge in [-0.25, -0.2) is 18.0 Å². The molecule has 0 saturated heterocycles. The summed E-state index contributed by atoms with van der Waals surface area (Å²) in [5.74, 6) is -1.88. The predicted octanol–water partition coefficient (Wildman–Crippen LogP) is 2.84. The molecule has 0 unspecified atom stereocenters. The van der Waals surface area contributed by atoms with E-state index in [0.29, 0.717) is 12.4 Å². The number of esters is 2. The number of hydrogen-bond acceptors (Lipinski definition) is 8. The summed E-state index contributed by atoms with van der Waals surface area (Å²) in [5.41, 5.74) is 1.84. The molecule has 11 heteroatoms. The molecule has 0 spiro atoms. The Labute approximate surface area is 198 Å². The second-order valence-electron chi connectivity index (χ2n) is 7.19. The Morgan fingerprint density at radius 3 is 2.12 bits per heavy atom. The lowest BCUT2D eigenvalue weighted by molar-refractivity contribution is 0.0583. The van der Waals surface area contributed by atoms with Crippen molar-refractivity contribution < 1.29 is 37.0 Å². The van der Waals surface area contributed by atoms with Gasteiger partial charge in [-0.3, -0.25) is 10.2 Å². The lowest BCUT2D eigenvalue weighted by Crippen LogP contribution is -2.42. The van der Waals surface area contributed by atoms with Crippen molar-refractivity contribution in [3.63, 3.8) is 0 Å². The van der Waals surface area contributed by atoms with Crippen molar-refractivity contribution >= 4 is 27.9 Å². The van der Waals surface area contributed by atoms with E-state index in [1.807, 2.05) is 4.83 Å². The third-order valence-corrected chi connectivity index (χ3v) is 6.07. The molecule has 0 aliphatic heterocycles. The molecular weight excluding hydrogens is 464 g/mol. The molecule has 0 heterocycles. The van der Waals surface area contributed by atoms with Crippen LogP contribution < -0.4 is 15.0 Å². The normalized spacial score (nSPS) is 10.9. The number of hydrogen-bond donors (Lipinski definition) is 2. The Morgan fingerprint density at radius 1 is 0.853 bits per heavy atom. The van der Waals surface area contributed by atoms with Gasteiger partial charge in [0.05, 0.1) is 36.8 Å². The maximum absolute atomic E-state index is 12.8. The maximum atomic E-state index is 12.8. The van der Waals surface area contributed by atoms with Crippen molar-refractivity contribution in [2.24, 2.45) is 0 Å². The van der Waals surface area contributed by atoms with Crippen LogP contribution in [-0.2, 0) is 19.5 Å². The van der Waals surface area contributed by atoms with Crippen LogP contribution in [0.3, 0.4) is 0 Å². The molecule has 0 aliphatic carbocycles. The number of ether oxygens (including phenoxy) is 3. The lowest BCUT2D eigenvalue weighted by Gasteiger charge is -2.13. The molecule has 2 aromatic rings. The minimum absolute atomic E-state index is 0.105. The van der Waals surface area contributed by atoms with Crippen LogP contribution in [-0.4, -0.2) is 47.1 Å². The summed E-state index contributed by atoms with van der Waals surface area (Å²) in [6, 6.07) is 9.50. The van der Waals surface area contributed by atoms with Gasteiger partial charge in [0, 0.05) is 5.56 Å². The molecule has 2 N–H and O–H groups in total. The first kappa shape index (κ1) is 26.8. The van der Waals surface area contributed by atoms with Crippen molar-refractivity contribution in [2.45, 2.75) is 37.5 Å². The van der Waals surface area contributed by atoms with Gasteiger partial charge in [0.1, 0.15) is 5.75 Å². The largest absolute Gasteiger partial charge is 0.494 e. The minimum Gasteiger partial charge on any atom is -0.494 e. The smallest absolute Gasteiger partial charge is 0.339 e. The van der Waals surface area contributed by atoms with Gasteiger partial charge in [-0.05, 0) is 48.9 Å². The average Bonchev–Trinajstić information content (AvgIpc) is 2.86. The molecular formula is C23H28N2O8S. The number of methoxy groups -OCH3 is 2. The van der Waals surface area contributed by atoms with Crippen molar-refractivity contribution in [1.29, 1.82) is 0 Å². The third-order valence-electron chi connectivity index (χ3n) is 4.78. The Kier molecular flexibility index (Phi) is 10.0. The highest BCUT2D eigenvalue weighted by Gasteiger charge is 2.26. The predicted molar refractivity (Wildman–Crippen MR) is 123 cm³/mol. The molecule has 0 aromatic heterocycles. The van der Waals surface area contributed by atoms with Gasteiger partial charge in [-0.2, -0.15) is 0 Å². The molecule has 10 nitrogen and oxygen atoms in total. The number of sulfonamides is 1. The van der Waals surface area contributed by atoms with Gasteiger partial charge >= 0.3 is 11.9 Å². The van der Waals surface area contributed by atoms with Gasteiger partial charge < -0.3 is 14.2 Å². The molecule has 0 fully saturated rings. The number of carbonyl (C=O) groups excluding carboxylic acids is 3. The van der Waals surface area contributed by atoms with E-state index < -0.39 is 32.8 Å². The molecule has 0 atom stereocenters. The molecule has 0 aliphatic rings. The van der Waals surface area contributed by atoms with Crippen molar-refractivity contribution in [3.8, 4) is 5.75 Å². The van der Waals surface area contributed by atoms with E-state index in [0.717, 1.165) is 52.0 Å². The standard InChI is InChI=1S/C23H28N2O8S/c1-4-5-6-7-14-33-18-11-8-16(9-12-18)21(26)24-25-34(29,30)20-15-17(22(27)31-2)10-13-19(20)23(28)32-3/h8-13,15,25H,4-7,14H2,1-3H3,(H,24,26). The Hall–Kier alpha value is -3.44. The number of benzene rings is 2. The van der Waals surface area contributed by atoms with Crippen LogP contribution in [0.25, 0.3) is 0 Å². The fraction of sp³-hybridized carbons (Fsp3) is 0.348. The fourth-order valence-electron chi connectivity index (χ4n) is 2.93. The average molecular weight is 493 g/mol. The topological polar surface area (TPSA) is 137 Å². The summed E-state index contributed by atoms with van der Waals surface area (Å²) in [4.78, 5) is 37.6. The van der Waals surface area contributed by atoms with Crippen molar-refractivity contribution in [3.05, 3.63) is 59.2 Å². The lowest BCUT2D eigenvalue weighted by atomic mass is 10.1. The summed E-state index contributed by atoms with van der Waals surface area (Å²) in [6.45, 7) is 2.70. The first-order valence-corrected chi connectivity index (χ1v) is 12.1. The molecule has 184 valence electrons. The number of amides is 1. The zero-order valence-corrected chi connectivity index (χ0v) is 20.1.